The zero-order chi connectivity index (χ0) is 23.5. The van der Waals surface area contributed by atoms with Crippen LogP contribution in [-0.2, 0) is 4.84 Å². The summed E-state index contributed by atoms with van der Waals surface area (Å²) < 4.78 is 22.9. The van der Waals surface area contributed by atoms with Crippen LogP contribution in [0.2, 0.25) is 0 Å². The molecular weight excluding hydrogens is 421 g/mol. The molecular formula is C25H26FN5O2. The van der Waals surface area contributed by atoms with Gasteiger partial charge in [-0.15, -0.1) is 0 Å². The van der Waals surface area contributed by atoms with E-state index in [1.54, 1.807) is 25.6 Å². The Bertz CT molecular complexity index is 1450. The van der Waals surface area contributed by atoms with Gasteiger partial charge < -0.3 is 23.7 Å². The first kappa shape index (κ1) is 22.1. The van der Waals surface area contributed by atoms with E-state index in [1.807, 2.05) is 53.5 Å². The highest BCUT2D eigenvalue weighted by atomic mass is 19.1. The van der Waals surface area contributed by atoms with Crippen molar-refractivity contribution in [3.8, 4) is 11.4 Å². The molecule has 0 saturated heterocycles. The summed E-state index contributed by atoms with van der Waals surface area (Å²) in [5.74, 6) is 0.437. The molecule has 0 aliphatic rings. The second kappa shape index (κ2) is 9.20. The zero-order valence-corrected chi connectivity index (χ0v) is 19.0. The Morgan fingerprint density at radius 1 is 1.18 bits per heavy atom. The number of aromatic amines is 1. The minimum absolute atomic E-state index is 0.146. The minimum Gasteiger partial charge on any atom is -0.495 e. The molecule has 33 heavy (non-hydrogen) atoms. The highest BCUT2D eigenvalue weighted by Crippen LogP contribution is 2.24. The number of hydrogen-bond donors (Lipinski definition) is 1. The van der Waals surface area contributed by atoms with Gasteiger partial charge in [-0.3, -0.25) is 0 Å². The van der Waals surface area contributed by atoms with Crippen LogP contribution in [0.1, 0.15) is 29.8 Å². The Hall–Kier alpha value is -4.07. The summed E-state index contributed by atoms with van der Waals surface area (Å²) in [7, 11) is 3.13. The van der Waals surface area contributed by atoms with Gasteiger partial charge in [0, 0.05) is 6.20 Å². The fourth-order valence-corrected chi connectivity index (χ4v) is 3.81. The summed E-state index contributed by atoms with van der Waals surface area (Å²) >= 11 is 0. The fraction of sp³-hybridized carbons (Fsp3) is 0.200. The van der Waals surface area contributed by atoms with Crippen molar-refractivity contribution in [1.82, 2.24) is 19.1 Å². The van der Waals surface area contributed by atoms with Crippen LogP contribution in [0.25, 0.3) is 18.3 Å². The molecule has 4 rings (SSSR count). The monoisotopic (exact) mass is 447 g/mol. The average molecular weight is 448 g/mol. The van der Waals surface area contributed by atoms with Gasteiger partial charge in [0.25, 0.3) is 0 Å². The third-order valence-corrected chi connectivity index (χ3v) is 5.50. The molecule has 2 aromatic carbocycles. The van der Waals surface area contributed by atoms with Gasteiger partial charge >= 0.3 is 0 Å². The molecule has 0 saturated carbocycles. The Morgan fingerprint density at radius 3 is 2.58 bits per heavy atom. The topological polar surface area (TPSA) is 69.4 Å². The van der Waals surface area contributed by atoms with Crippen molar-refractivity contribution in [2.24, 2.45) is 5.16 Å². The van der Waals surface area contributed by atoms with Crippen LogP contribution in [0.4, 0.5) is 4.39 Å². The highest BCUT2D eigenvalue weighted by molar-refractivity contribution is 5.58. The lowest BCUT2D eigenvalue weighted by Gasteiger charge is -2.14. The largest absolute Gasteiger partial charge is 0.495 e. The number of H-pyrrole nitrogens is 1. The first-order chi connectivity index (χ1) is 15.9. The SMILES string of the molecule is C=c1/c(=C/c2ccc(-n3cnc(C)c3)c(OC)c2)[nH]/c(=N\OC)n1[C@@H](C)c1ccc(F)cc1. The summed E-state index contributed by atoms with van der Waals surface area (Å²) in [6.07, 6.45) is 5.67. The Morgan fingerprint density at radius 2 is 1.94 bits per heavy atom. The summed E-state index contributed by atoms with van der Waals surface area (Å²) in [6, 6.07) is 12.2. The van der Waals surface area contributed by atoms with E-state index in [4.69, 9.17) is 9.57 Å². The van der Waals surface area contributed by atoms with Gasteiger partial charge in [0.05, 0.1) is 41.6 Å². The van der Waals surface area contributed by atoms with E-state index >= 15 is 0 Å². The van der Waals surface area contributed by atoms with Crippen LogP contribution in [0.15, 0.2) is 60.1 Å². The van der Waals surface area contributed by atoms with E-state index in [-0.39, 0.29) is 11.9 Å². The number of aryl methyl sites for hydroxylation is 1. The van der Waals surface area contributed by atoms with Gasteiger partial charge in [0.1, 0.15) is 18.7 Å². The molecule has 170 valence electrons. The quantitative estimate of drug-likeness (QED) is 0.462. The first-order valence-electron chi connectivity index (χ1n) is 10.4. The van der Waals surface area contributed by atoms with Crippen molar-refractivity contribution in [3.05, 3.63) is 93.9 Å². The lowest BCUT2D eigenvalue weighted by molar-refractivity contribution is 0.192. The van der Waals surface area contributed by atoms with E-state index in [9.17, 15) is 4.39 Å². The van der Waals surface area contributed by atoms with E-state index in [2.05, 4.69) is 21.7 Å². The number of methoxy groups -OCH3 is 1. The van der Waals surface area contributed by atoms with E-state index in [0.29, 0.717) is 11.4 Å². The Kier molecular flexibility index (Phi) is 6.17. The molecule has 2 heterocycles. The average Bonchev–Trinajstić information content (AvgIpc) is 3.37. The van der Waals surface area contributed by atoms with Crippen LogP contribution in [0.3, 0.4) is 0 Å². The number of nitrogens with one attached hydrogen (secondary N) is 1. The van der Waals surface area contributed by atoms with E-state index < -0.39 is 0 Å². The number of imidazole rings is 2. The van der Waals surface area contributed by atoms with Crippen molar-refractivity contribution in [1.29, 1.82) is 0 Å². The number of benzene rings is 2. The van der Waals surface area contributed by atoms with Crippen LogP contribution >= 0.6 is 0 Å². The molecule has 0 radical (unpaired) electrons. The number of rotatable bonds is 6. The molecule has 7 nitrogen and oxygen atoms in total. The van der Waals surface area contributed by atoms with Gasteiger partial charge in [-0.1, -0.05) is 24.8 Å². The molecule has 1 atom stereocenters. The lowest BCUT2D eigenvalue weighted by Crippen LogP contribution is -2.34. The number of aromatic nitrogens is 4. The van der Waals surface area contributed by atoms with Crippen LogP contribution in [0, 0.1) is 12.7 Å². The lowest BCUT2D eigenvalue weighted by atomic mass is 10.1. The van der Waals surface area contributed by atoms with Crippen molar-refractivity contribution in [3.63, 3.8) is 0 Å². The third kappa shape index (κ3) is 4.45. The molecule has 4 aromatic rings. The Labute approximate surface area is 190 Å². The molecule has 0 aliphatic carbocycles. The molecule has 0 spiro atoms. The standard InChI is InChI=1S/C25H26FN5O2/c1-16-14-30(15-27-16)23-11-6-19(13-24(23)32-4)12-22-18(3)31(25(28-22)29-33-5)17(2)20-7-9-21(26)10-8-20/h6-15,17H,3H2,1-2,4-5H3,(H,28,29)/b22-12-/t17-/m0/s1. The van der Waals surface area contributed by atoms with Gasteiger partial charge in [0.2, 0.25) is 5.62 Å². The highest BCUT2D eigenvalue weighted by Gasteiger charge is 2.13. The predicted molar refractivity (Wildman–Crippen MR) is 125 cm³/mol. The van der Waals surface area contributed by atoms with Gasteiger partial charge in [-0.05, 0) is 60.5 Å². The molecule has 0 aliphatic heterocycles. The molecule has 0 bridgehead atoms. The molecule has 0 fully saturated rings. The maximum atomic E-state index is 13.4. The van der Waals surface area contributed by atoms with Crippen LogP contribution < -0.4 is 21.1 Å². The molecule has 0 amide bonds. The first-order valence-corrected chi connectivity index (χ1v) is 10.4. The smallest absolute Gasteiger partial charge is 0.245 e. The summed E-state index contributed by atoms with van der Waals surface area (Å²) in [6.45, 7) is 8.20. The Balaban J connectivity index is 1.80. The number of nitrogens with zero attached hydrogens (tertiary/aromatic N) is 4. The minimum atomic E-state index is -0.279. The van der Waals surface area contributed by atoms with E-state index in [1.165, 1.54) is 19.2 Å². The van der Waals surface area contributed by atoms with Crippen molar-refractivity contribution >= 4 is 12.7 Å². The maximum absolute atomic E-state index is 13.4. The van der Waals surface area contributed by atoms with Gasteiger partial charge in [-0.25, -0.2) is 9.37 Å². The van der Waals surface area contributed by atoms with Gasteiger partial charge in [0.15, 0.2) is 0 Å². The zero-order valence-electron chi connectivity index (χ0n) is 19.0. The molecule has 8 heteroatoms. The van der Waals surface area contributed by atoms with Crippen LogP contribution in [-0.4, -0.2) is 33.3 Å². The number of ether oxygens (including phenoxy) is 1. The fourth-order valence-electron chi connectivity index (χ4n) is 3.81. The third-order valence-electron chi connectivity index (χ3n) is 5.50. The van der Waals surface area contributed by atoms with Crippen LogP contribution in [0.5, 0.6) is 5.75 Å². The summed E-state index contributed by atoms with van der Waals surface area (Å²) in [5.41, 5.74) is 4.17. The number of halogens is 1. The van der Waals surface area contributed by atoms with E-state index in [0.717, 1.165) is 33.2 Å². The second-order valence-electron chi connectivity index (χ2n) is 7.68. The molecule has 1 N–H and O–H groups in total. The predicted octanol–water partition coefficient (Wildman–Crippen LogP) is 2.77. The maximum Gasteiger partial charge on any atom is 0.245 e. The molecule has 0 unspecified atom stereocenters. The summed E-state index contributed by atoms with van der Waals surface area (Å²) in [4.78, 5) is 12.6. The molecule has 2 aromatic heterocycles. The summed E-state index contributed by atoms with van der Waals surface area (Å²) in [5, 5.41) is 5.61. The second-order valence-corrected chi connectivity index (χ2v) is 7.68. The number of hydrogen-bond acceptors (Lipinski definition) is 4. The van der Waals surface area contributed by atoms with Crippen molar-refractivity contribution in [2.75, 3.05) is 14.2 Å². The normalized spacial score (nSPS) is 13.4. The van der Waals surface area contributed by atoms with Crippen molar-refractivity contribution in [2.45, 2.75) is 19.9 Å². The van der Waals surface area contributed by atoms with Crippen molar-refractivity contribution < 1.29 is 14.0 Å². The van der Waals surface area contributed by atoms with Gasteiger partial charge in [-0.2, -0.15) is 0 Å².